The van der Waals surface area contributed by atoms with Crippen LogP contribution < -0.4 is 0 Å². The zero-order valence-corrected chi connectivity index (χ0v) is 12.7. The Balaban J connectivity index is 1.61. The maximum atomic E-state index is 10.6. The summed E-state index contributed by atoms with van der Waals surface area (Å²) in [5.41, 5.74) is 2.15. The van der Waals surface area contributed by atoms with E-state index < -0.39 is 4.92 Å². The summed E-state index contributed by atoms with van der Waals surface area (Å²) in [6.45, 7) is 0. The van der Waals surface area contributed by atoms with E-state index in [1.54, 1.807) is 35.5 Å². The SMILES string of the molecule is O=[N+]([O-])c1cnc(-n2ccc(-c3cnn(-c4cccnc4)c3)n2)nc1. The van der Waals surface area contributed by atoms with Crippen LogP contribution in [0.1, 0.15) is 0 Å². The highest BCUT2D eigenvalue weighted by Crippen LogP contribution is 2.19. The number of nitrogens with zero attached hydrogens (tertiary/aromatic N) is 8. The minimum atomic E-state index is -0.550. The molecule has 0 aliphatic rings. The molecule has 0 radical (unpaired) electrons. The Kier molecular flexibility index (Phi) is 3.47. The molecule has 4 aromatic rings. The lowest BCUT2D eigenvalue weighted by molar-refractivity contribution is -0.385. The van der Waals surface area contributed by atoms with Crippen molar-refractivity contribution in [2.45, 2.75) is 0 Å². The minimum Gasteiger partial charge on any atom is -0.262 e. The van der Waals surface area contributed by atoms with Crippen molar-refractivity contribution < 1.29 is 4.92 Å². The normalized spacial score (nSPS) is 10.7. The number of nitro groups is 1. The first-order valence-electron chi connectivity index (χ1n) is 7.18. The molecule has 0 saturated heterocycles. The van der Waals surface area contributed by atoms with Crippen molar-refractivity contribution in [2.75, 3.05) is 0 Å². The summed E-state index contributed by atoms with van der Waals surface area (Å²) in [6.07, 6.45) is 10.9. The number of hydrogen-bond acceptors (Lipinski definition) is 7. The molecule has 0 fully saturated rings. The monoisotopic (exact) mass is 334 g/mol. The van der Waals surface area contributed by atoms with Crippen molar-refractivity contribution in [1.29, 1.82) is 0 Å². The Hall–Kier alpha value is -3.95. The highest BCUT2D eigenvalue weighted by Gasteiger charge is 2.11. The molecule has 0 amide bonds. The van der Waals surface area contributed by atoms with Crippen molar-refractivity contribution in [3.8, 4) is 22.9 Å². The van der Waals surface area contributed by atoms with Gasteiger partial charge in [-0.05, 0) is 18.2 Å². The van der Waals surface area contributed by atoms with Gasteiger partial charge in [-0.25, -0.2) is 19.3 Å². The molecule has 0 aliphatic carbocycles. The zero-order chi connectivity index (χ0) is 17.2. The lowest BCUT2D eigenvalue weighted by Crippen LogP contribution is -2.02. The molecule has 0 saturated carbocycles. The average Bonchev–Trinajstić information content (AvgIpc) is 3.32. The van der Waals surface area contributed by atoms with Gasteiger partial charge in [-0.15, -0.1) is 0 Å². The number of rotatable bonds is 4. The fourth-order valence-electron chi connectivity index (χ4n) is 2.20. The second kappa shape index (κ2) is 5.92. The van der Waals surface area contributed by atoms with Crippen LogP contribution in [0.25, 0.3) is 22.9 Å². The number of aromatic nitrogens is 7. The molecule has 4 rings (SSSR count). The highest BCUT2D eigenvalue weighted by molar-refractivity contribution is 5.57. The van der Waals surface area contributed by atoms with Crippen LogP contribution in [0.4, 0.5) is 5.69 Å². The standard InChI is InChI=1S/C15H10N8O2/c24-23(25)13-8-17-15(18-9-13)21-5-3-14(20-21)11-6-19-22(10-11)12-2-1-4-16-7-12/h1-10H. The largest absolute Gasteiger partial charge is 0.305 e. The molecule has 25 heavy (non-hydrogen) atoms. The topological polar surface area (TPSA) is 117 Å². The Morgan fingerprint density at radius 3 is 2.60 bits per heavy atom. The van der Waals surface area contributed by atoms with Gasteiger partial charge in [0.2, 0.25) is 0 Å². The number of hydrogen-bond donors (Lipinski definition) is 0. The second-order valence-corrected chi connectivity index (χ2v) is 5.03. The fraction of sp³-hybridized carbons (Fsp3) is 0. The maximum absolute atomic E-state index is 10.6. The first kappa shape index (κ1) is 14.6. The van der Waals surface area contributed by atoms with Crippen molar-refractivity contribution >= 4 is 5.69 Å². The summed E-state index contributed by atoms with van der Waals surface area (Å²) in [5.74, 6) is 0.247. The minimum absolute atomic E-state index is 0.172. The van der Waals surface area contributed by atoms with E-state index in [4.69, 9.17) is 0 Å². The van der Waals surface area contributed by atoms with Gasteiger partial charge in [0, 0.05) is 24.2 Å². The van der Waals surface area contributed by atoms with E-state index in [1.807, 2.05) is 18.3 Å². The quantitative estimate of drug-likeness (QED) is 0.412. The van der Waals surface area contributed by atoms with E-state index in [-0.39, 0.29) is 11.6 Å². The molecule has 0 unspecified atom stereocenters. The Morgan fingerprint density at radius 2 is 1.88 bits per heavy atom. The molecular weight excluding hydrogens is 324 g/mol. The molecule has 0 aliphatic heterocycles. The molecule has 122 valence electrons. The zero-order valence-electron chi connectivity index (χ0n) is 12.7. The van der Waals surface area contributed by atoms with Gasteiger partial charge in [0.15, 0.2) is 0 Å². The maximum Gasteiger partial charge on any atom is 0.305 e. The van der Waals surface area contributed by atoms with E-state index in [0.717, 1.165) is 23.6 Å². The lowest BCUT2D eigenvalue weighted by Gasteiger charge is -1.98. The third-order valence-electron chi connectivity index (χ3n) is 3.42. The first-order valence-corrected chi connectivity index (χ1v) is 7.18. The van der Waals surface area contributed by atoms with Crippen LogP contribution in [0.5, 0.6) is 0 Å². The lowest BCUT2D eigenvalue weighted by atomic mass is 10.3. The smallest absolute Gasteiger partial charge is 0.262 e. The third-order valence-corrected chi connectivity index (χ3v) is 3.42. The summed E-state index contributed by atoms with van der Waals surface area (Å²) < 4.78 is 3.14. The average molecular weight is 334 g/mol. The molecule has 0 spiro atoms. The van der Waals surface area contributed by atoms with Gasteiger partial charge in [0.25, 0.3) is 5.95 Å². The molecule has 0 aromatic carbocycles. The highest BCUT2D eigenvalue weighted by atomic mass is 16.6. The van der Waals surface area contributed by atoms with E-state index >= 15 is 0 Å². The van der Waals surface area contributed by atoms with Crippen LogP contribution in [-0.2, 0) is 0 Å². The van der Waals surface area contributed by atoms with Crippen LogP contribution in [0.2, 0.25) is 0 Å². The molecule has 0 bridgehead atoms. The second-order valence-electron chi connectivity index (χ2n) is 5.03. The molecule has 0 N–H and O–H groups in total. The predicted molar refractivity (Wildman–Crippen MR) is 86.2 cm³/mol. The predicted octanol–water partition coefficient (Wildman–Crippen LogP) is 1.82. The summed E-state index contributed by atoms with van der Waals surface area (Å²) in [4.78, 5) is 22.1. The molecule has 10 heteroatoms. The fourth-order valence-corrected chi connectivity index (χ4v) is 2.20. The van der Waals surface area contributed by atoms with Crippen LogP contribution in [-0.4, -0.2) is 39.4 Å². The van der Waals surface area contributed by atoms with Gasteiger partial charge in [-0.1, -0.05) is 0 Å². The summed E-state index contributed by atoms with van der Waals surface area (Å²) in [6, 6.07) is 5.51. The van der Waals surface area contributed by atoms with Gasteiger partial charge >= 0.3 is 5.69 Å². The van der Waals surface area contributed by atoms with Crippen LogP contribution >= 0.6 is 0 Å². The van der Waals surface area contributed by atoms with Gasteiger partial charge in [-0.2, -0.15) is 10.2 Å². The summed E-state index contributed by atoms with van der Waals surface area (Å²) >= 11 is 0. The van der Waals surface area contributed by atoms with E-state index in [9.17, 15) is 10.1 Å². The van der Waals surface area contributed by atoms with Crippen LogP contribution in [0.3, 0.4) is 0 Å². The number of pyridine rings is 1. The molecule has 4 aromatic heterocycles. The molecule has 0 atom stereocenters. The molecule has 10 nitrogen and oxygen atoms in total. The van der Waals surface area contributed by atoms with E-state index in [0.29, 0.717) is 5.69 Å². The van der Waals surface area contributed by atoms with Gasteiger partial charge in [0.1, 0.15) is 12.4 Å². The van der Waals surface area contributed by atoms with E-state index in [1.165, 1.54) is 4.68 Å². The van der Waals surface area contributed by atoms with Crippen molar-refractivity contribution in [2.24, 2.45) is 0 Å². The molecular formula is C15H10N8O2. The Labute approximate surface area is 140 Å². The van der Waals surface area contributed by atoms with Gasteiger partial charge in [0.05, 0.1) is 28.7 Å². The third kappa shape index (κ3) is 2.83. The van der Waals surface area contributed by atoms with Crippen molar-refractivity contribution in [1.82, 2.24) is 34.5 Å². The summed E-state index contributed by atoms with van der Waals surface area (Å²) in [7, 11) is 0. The van der Waals surface area contributed by atoms with Crippen LogP contribution in [0.15, 0.2) is 61.6 Å². The van der Waals surface area contributed by atoms with Crippen molar-refractivity contribution in [3.63, 3.8) is 0 Å². The van der Waals surface area contributed by atoms with Crippen molar-refractivity contribution in [3.05, 3.63) is 71.7 Å². The van der Waals surface area contributed by atoms with Gasteiger partial charge < -0.3 is 0 Å². The molecule has 4 heterocycles. The van der Waals surface area contributed by atoms with Crippen LogP contribution in [0, 0.1) is 10.1 Å². The summed E-state index contributed by atoms with van der Waals surface area (Å²) in [5, 5.41) is 19.3. The van der Waals surface area contributed by atoms with Gasteiger partial charge in [-0.3, -0.25) is 15.1 Å². The first-order chi connectivity index (χ1) is 12.2. The Bertz CT molecular complexity index is 1020. The Morgan fingerprint density at radius 1 is 1.04 bits per heavy atom. The van der Waals surface area contributed by atoms with E-state index in [2.05, 4.69) is 25.1 Å².